The fraction of sp³-hybridized carbons (Fsp3) is 0.125. The number of hydrogen-bond acceptors (Lipinski definition) is 3. The molecule has 0 aliphatic rings. The Labute approximate surface area is 126 Å². The van der Waals surface area contributed by atoms with Gasteiger partial charge in [-0.2, -0.15) is 5.26 Å². The smallest absolute Gasteiger partial charge is 0.258 e. The first-order valence-electron chi connectivity index (χ1n) is 6.49. The molecule has 3 aromatic rings. The molecular formula is C16H13N3OS. The Morgan fingerprint density at radius 1 is 1.33 bits per heavy atom. The zero-order chi connectivity index (χ0) is 15.0. The first kappa shape index (κ1) is 13.4. The maximum Gasteiger partial charge on any atom is 0.258 e. The Balaban J connectivity index is 1.98. The quantitative estimate of drug-likeness (QED) is 0.751. The van der Waals surface area contributed by atoms with E-state index in [2.05, 4.69) is 16.4 Å². The summed E-state index contributed by atoms with van der Waals surface area (Å²) in [6.45, 7) is 3.84. The second kappa shape index (κ2) is 5.08. The number of amides is 1. The molecule has 1 aromatic carbocycles. The summed E-state index contributed by atoms with van der Waals surface area (Å²) in [5.41, 5.74) is 2.97. The van der Waals surface area contributed by atoms with Crippen LogP contribution >= 0.6 is 11.3 Å². The van der Waals surface area contributed by atoms with Gasteiger partial charge in [0.1, 0.15) is 11.1 Å². The molecular weight excluding hydrogens is 282 g/mol. The van der Waals surface area contributed by atoms with Crippen molar-refractivity contribution in [2.45, 2.75) is 13.8 Å². The van der Waals surface area contributed by atoms with Crippen molar-refractivity contribution in [3.63, 3.8) is 0 Å². The van der Waals surface area contributed by atoms with Gasteiger partial charge in [0.25, 0.3) is 5.91 Å². The molecule has 0 spiro atoms. The van der Waals surface area contributed by atoms with Crippen LogP contribution in [0.25, 0.3) is 10.9 Å². The van der Waals surface area contributed by atoms with Crippen molar-refractivity contribution in [1.29, 1.82) is 5.26 Å². The van der Waals surface area contributed by atoms with Gasteiger partial charge in [-0.05, 0) is 25.5 Å². The highest BCUT2D eigenvalue weighted by atomic mass is 32.1. The van der Waals surface area contributed by atoms with Crippen LogP contribution in [0.2, 0.25) is 0 Å². The summed E-state index contributed by atoms with van der Waals surface area (Å²) in [6.07, 6.45) is 1.69. The largest absolute Gasteiger partial charge is 0.360 e. The molecule has 0 radical (unpaired) electrons. The van der Waals surface area contributed by atoms with E-state index in [9.17, 15) is 10.1 Å². The number of fused-ring (bicyclic) bond motifs is 1. The average molecular weight is 295 g/mol. The van der Waals surface area contributed by atoms with Gasteiger partial charge in [-0.1, -0.05) is 18.2 Å². The molecule has 4 nitrogen and oxygen atoms in total. The van der Waals surface area contributed by atoms with E-state index in [0.717, 1.165) is 21.3 Å². The minimum atomic E-state index is -0.204. The number of carbonyl (C=O) groups excluding carboxylic acids is 1. The number of carbonyl (C=O) groups is 1. The molecule has 0 bridgehead atoms. The summed E-state index contributed by atoms with van der Waals surface area (Å²) in [4.78, 5) is 16.6. The molecule has 21 heavy (non-hydrogen) atoms. The van der Waals surface area contributed by atoms with Crippen LogP contribution in [0.15, 0.2) is 30.5 Å². The lowest BCUT2D eigenvalue weighted by Crippen LogP contribution is -2.11. The van der Waals surface area contributed by atoms with E-state index in [4.69, 9.17) is 0 Å². The van der Waals surface area contributed by atoms with Crippen molar-refractivity contribution in [3.05, 3.63) is 52.0 Å². The molecule has 0 unspecified atom stereocenters. The van der Waals surface area contributed by atoms with E-state index in [-0.39, 0.29) is 5.91 Å². The van der Waals surface area contributed by atoms with Gasteiger partial charge in [0, 0.05) is 22.0 Å². The average Bonchev–Trinajstić information content (AvgIpc) is 3.01. The SMILES string of the molecule is Cc1sc(NC(=O)c2c[nH]c3ccccc23)c(C#N)c1C. The van der Waals surface area contributed by atoms with Crippen molar-refractivity contribution in [2.75, 3.05) is 5.32 Å². The van der Waals surface area contributed by atoms with Crippen LogP contribution in [0.5, 0.6) is 0 Å². The Morgan fingerprint density at radius 3 is 2.86 bits per heavy atom. The van der Waals surface area contributed by atoms with E-state index in [1.165, 1.54) is 11.3 Å². The van der Waals surface area contributed by atoms with Gasteiger partial charge >= 0.3 is 0 Å². The van der Waals surface area contributed by atoms with Crippen LogP contribution < -0.4 is 5.32 Å². The molecule has 2 heterocycles. The number of aryl methyl sites for hydroxylation is 1. The number of nitriles is 1. The molecule has 2 N–H and O–H groups in total. The van der Waals surface area contributed by atoms with Crippen LogP contribution in [0.1, 0.15) is 26.4 Å². The molecule has 1 amide bonds. The summed E-state index contributed by atoms with van der Waals surface area (Å²) < 4.78 is 0. The van der Waals surface area contributed by atoms with Gasteiger partial charge < -0.3 is 10.3 Å². The second-order valence-corrected chi connectivity index (χ2v) is 6.03. The van der Waals surface area contributed by atoms with Crippen LogP contribution in [-0.4, -0.2) is 10.9 Å². The second-order valence-electron chi connectivity index (χ2n) is 4.80. The summed E-state index contributed by atoms with van der Waals surface area (Å²) in [5, 5.41) is 13.6. The predicted octanol–water partition coefficient (Wildman–Crippen LogP) is 3.97. The fourth-order valence-electron chi connectivity index (χ4n) is 2.28. The lowest BCUT2D eigenvalue weighted by atomic mass is 10.1. The zero-order valence-electron chi connectivity index (χ0n) is 11.7. The van der Waals surface area contributed by atoms with Gasteiger partial charge in [0.15, 0.2) is 0 Å². The molecule has 0 aliphatic heterocycles. The number of para-hydroxylation sites is 1. The summed E-state index contributed by atoms with van der Waals surface area (Å²) in [7, 11) is 0. The maximum atomic E-state index is 12.4. The summed E-state index contributed by atoms with van der Waals surface area (Å²) >= 11 is 1.43. The number of hydrogen-bond donors (Lipinski definition) is 2. The highest BCUT2D eigenvalue weighted by Crippen LogP contribution is 2.32. The molecule has 104 valence electrons. The first-order chi connectivity index (χ1) is 10.1. The molecule has 2 aromatic heterocycles. The number of thiophene rings is 1. The molecule has 0 saturated carbocycles. The Kier molecular flexibility index (Phi) is 3.24. The third-order valence-corrected chi connectivity index (χ3v) is 4.68. The predicted molar refractivity (Wildman–Crippen MR) is 84.8 cm³/mol. The molecule has 0 atom stereocenters. The Morgan fingerprint density at radius 2 is 2.10 bits per heavy atom. The van der Waals surface area contributed by atoms with E-state index in [1.54, 1.807) is 6.20 Å². The van der Waals surface area contributed by atoms with Crippen LogP contribution in [-0.2, 0) is 0 Å². The summed E-state index contributed by atoms with van der Waals surface area (Å²) in [6, 6.07) is 9.80. The number of nitrogens with zero attached hydrogens (tertiary/aromatic N) is 1. The minimum absolute atomic E-state index is 0.204. The van der Waals surface area contributed by atoms with Crippen LogP contribution in [0.3, 0.4) is 0 Å². The van der Waals surface area contributed by atoms with Gasteiger partial charge in [-0.3, -0.25) is 4.79 Å². The van der Waals surface area contributed by atoms with Crippen molar-refractivity contribution in [1.82, 2.24) is 4.98 Å². The number of H-pyrrole nitrogens is 1. The third kappa shape index (κ3) is 2.20. The van der Waals surface area contributed by atoms with E-state index in [1.807, 2.05) is 38.1 Å². The number of aromatic amines is 1. The van der Waals surface area contributed by atoms with E-state index in [0.29, 0.717) is 16.1 Å². The number of anilines is 1. The zero-order valence-corrected chi connectivity index (χ0v) is 12.5. The number of aromatic nitrogens is 1. The third-order valence-electron chi connectivity index (χ3n) is 3.56. The Bertz CT molecular complexity index is 883. The van der Waals surface area contributed by atoms with Crippen molar-refractivity contribution < 1.29 is 4.79 Å². The van der Waals surface area contributed by atoms with Crippen molar-refractivity contribution in [2.24, 2.45) is 0 Å². The molecule has 3 rings (SSSR count). The van der Waals surface area contributed by atoms with Crippen molar-refractivity contribution >= 4 is 33.1 Å². The normalized spacial score (nSPS) is 10.5. The van der Waals surface area contributed by atoms with Crippen molar-refractivity contribution in [3.8, 4) is 6.07 Å². The number of benzene rings is 1. The van der Waals surface area contributed by atoms with Crippen LogP contribution in [0.4, 0.5) is 5.00 Å². The first-order valence-corrected chi connectivity index (χ1v) is 7.31. The van der Waals surface area contributed by atoms with Gasteiger partial charge in [-0.25, -0.2) is 0 Å². The minimum Gasteiger partial charge on any atom is -0.360 e. The highest BCUT2D eigenvalue weighted by molar-refractivity contribution is 7.16. The topological polar surface area (TPSA) is 68.7 Å². The monoisotopic (exact) mass is 295 g/mol. The highest BCUT2D eigenvalue weighted by Gasteiger charge is 2.17. The van der Waals surface area contributed by atoms with Gasteiger partial charge in [0.05, 0.1) is 11.1 Å². The summed E-state index contributed by atoms with van der Waals surface area (Å²) in [5.74, 6) is -0.204. The van der Waals surface area contributed by atoms with Gasteiger partial charge in [0.2, 0.25) is 0 Å². The molecule has 5 heteroatoms. The molecule has 0 saturated heterocycles. The van der Waals surface area contributed by atoms with E-state index >= 15 is 0 Å². The lowest BCUT2D eigenvalue weighted by molar-refractivity contribution is 0.102. The van der Waals surface area contributed by atoms with E-state index < -0.39 is 0 Å². The fourth-order valence-corrected chi connectivity index (χ4v) is 3.29. The van der Waals surface area contributed by atoms with Gasteiger partial charge in [-0.15, -0.1) is 11.3 Å². The standard InChI is InChI=1S/C16H13N3OS/c1-9-10(2)21-16(12(9)7-17)19-15(20)13-8-18-14-6-4-3-5-11(13)14/h3-6,8,18H,1-2H3,(H,19,20). The Hall–Kier alpha value is -2.58. The number of nitrogens with one attached hydrogen (secondary N) is 2. The maximum absolute atomic E-state index is 12.4. The van der Waals surface area contributed by atoms with Crippen LogP contribution in [0, 0.1) is 25.2 Å². The molecule has 0 fully saturated rings. The molecule has 0 aliphatic carbocycles. The number of rotatable bonds is 2. The lowest BCUT2D eigenvalue weighted by Gasteiger charge is -2.02.